The molecule has 0 aliphatic heterocycles. The third-order valence-corrected chi connectivity index (χ3v) is 4.17. The largest absolute Gasteiger partial charge is 0.480 e. The number of esters is 1. The number of amides is 1. The average Bonchev–Trinajstić information content (AvgIpc) is 2.65. The summed E-state index contributed by atoms with van der Waals surface area (Å²) in [5.41, 5.74) is 0.624. The van der Waals surface area contributed by atoms with Crippen molar-refractivity contribution in [2.45, 2.75) is 0 Å². The molecule has 138 valence electrons. The number of hydrogen-bond acceptors (Lipinski definition) is 4. The minimum Gasteiger partial charge on any atom is -0.480 e. The summed E-state index contributed by atoms with van der Waals surface area (Å²) in [6, 6.07) is 18.0. The van der Waals surface area contributed by atoms with Crippen molar-refractivity contribution < 1.29 is 19.1 Å². The Morgan fingerprint density at radius 1 is 0.889 bits per heavy atom. The Balaban J connectivity index is 1.47. The Morgan fingerprint density at radius 3 is 2.44 bits per heavy atom. The Labute approximate surface area is 165 Å². The summed E-state index contributed by atoms with van der Waals surface area (Å²) in [5.74, 6) is -0.823. The van der Waals surface area contributed by atoms with Gasteiger partial charge in [0.05, 0.1) is 5.02 Å². The van der Waals surface area contributed by atoms with E-state index in [2.05, 4.69) is 5.32 Å². The van der Waals surface area contributed by atoms with Crippen LogP contribution in [-0.2, 0) is 14.3 Å². The van der Waals surface area contributed by atoms with E-state index in [1.165, 1.54) is 6.07 Å². The molecule has 3 aromatic rings. The standard InChI is InChI=1S/C20H15Cl2NO4/c21-15-6-8-18(17(22)10-15)26-12-20(25)27-11-19(24)23-16-7-5-13-3-1-2-4-14(13)9-16/h1-10H,11-12H2,(H,23,24). The number of halogens is 2. The van der Waals surface area contributed by atoms with E-state index in [4.69, 9.17) is 32.7 Å². The Hall–Kier alpha value is -2.76. The molecule has 0 spiro atoms. The summed E-state index contributed by atoms with van der Waals surface area (Å²) >= 11 is 11.7. The minimum absolute atomic E-state index is 0.282. The van der Waals surface area contributed by atoms with E-state index in [0.717, 1.165) is 10.8 Å². The van der Waals surface area contributed by atoms with E-state index in [9.17, 15) is 9.59 Å². The number of fused-ring (bicyclic) bond motifs is 1. The normalized spacial score (nSPS) is 10.4. The van der Waals surface area contributed by atoms with Gasteiger partial charge in [0.1, 0.15) is 5.75 Å². The molecule has 0 saturated carbocycles. The summed E-state index contributed by atoms with van der Waals surface area (Å²) < 4.78 is 10.2. The van der Waals surface area contributed by atoms with E-state index in [1.54, 1.807) is 18.2 Å². The van der Waals surface area contributed by atoms with Crippen LogP contribution in [0, 0.1) is 0 Å². The van der Waals surface area contributed by atoms with Crippen LogP contribution in [0.5, 0.6) is 5.75 Å². The van der Waals surface area contributed by atoms with Gasteiger partial charge in [0.15, 0.2) is 13.2 Å². The maximum Gasteiger partial charge on any atom is 0.344 e. The van der Waals surface area contributed by atoms with Crippen molar-refractivity contribution in [1.82, 2.24) is 0 Å². The van der Waals surface area contributed by atoms with Crippen molar-refractivity contribution >= 4 is 51.5 Å². The van der Waals surface area contributed by atoms with Gasteiger partial charge in [-0.2, -0.15) is 0 Å². The molecule has 0 aliphatic carbocycles. The predicted molar refractivity (Wildman–Crippen MR) is 105 cm³/mol. The smallest absolute Gasteiger partial charge is 0.344 e. The lowest BCUT2D eigenvalue weighted by atomic mass is 10.1. The number of benzene rings is 3. The minimum atomic E-state index is -0.685. The van der Waals surface area contributed by atoms with Crippen molar-refractivity contribution in [2.75, 3.05) is 18.5 Å². The molecule has 1 N–H and O–H groups in total. The van der Waals surface area contributed by atoms with Crippen molar-refractivity contribution in [3.05, 3.63) is 70.7 Å². The Morgan fingerprint density at radius 2 is 1.67 bits per heavy atom. The van der Waals surface area contributed by atoms with Crippen LogP contribution >= 0.6 is 23.2 Å². The quantitative estimate of drug-likeness (QED) is 0.605. The van der Waals surface area contributed by atoms with Crippen molar-refractivity contribution in [3.63, 3.8) is 0 Å². The van der Waals surface area contributed by atoms with Crippen LogP contribution in [0.4, 0.5) is 5.69 Å². The van der Waals surface area contributed by atoms with Crippen molar-refractivity contribution in [1.29, 1.82) is 0 Å². The first-order valence-corrected chi connectivity index (χ1v) is 8.79. The second kappa shape index (κ2) is 8.75. The van der Waals surface area contributed by atoms with Gasteiger partial charge >= 0.3 is 5.97 Å². The number of anilines is 1. The number of nitrogens with one attached hydrogen (secondary N) is 1. The van der Waals surface area contributed by atoms with Gasteiger partial charge in [-0.3, -0.25) is 4.79 Å². The highest BCUT2D eigenvalue weighted by Gasteiger charge is 2.10. The lowest BCUT2D eigenvalue weighted by molar-refractivity contribution is -0.149. The molecular formula is C20H15Cl2NO4. The summed E-state index contributed by atoms with van der Waals surface area (Å²) in [6.45, 7) is -0.784. The first-order valence-electron chi connectivity index (χ1n) is 8.03. The molecular weight excluding hydrogens is 389 g/mol. The molecule has 0 unspecified atom stereocenters. The molecule has 0 heterocycles. The molecule has 1 amide bonds. The van der Waals surface area contributed by atoms with E-state index in [1.807, 2.05) is 36.4 Å². The van der Waals surface area contributed by atoms with E-state index in [-0.39, 0.29) is 11.6 Å². The summed E-state index contributed by atoms with van der Waals surface area (Å²) in [6.07, 6.45) is 0. The monoisotopic (exact) mass is 403 g/mol. The highest BCUT2D eigenvalue weighted by molar-refractivity contribution is 6.35. The fraction of sp³-hybridized carbons (Fsp3) is 0.100. The van der Waals surface area contributed by atoms with Gasteiger partial charge in [-0.15, -0.1) is 0 Å². The van der Waals surface area contributed by atoms with Gasteiger partial charge in [-0.1, -0.05) is 53.5 Å². The predicted octanol–water partition coefficient (Wildman–Crippen LogP) is 4.71. The number of carbonyl (C=O) groups is 2. The molecule has 0 saturated heterocycles. The highest BCUT2D eigenvalue weighted by Crippen LogP contribution is 2.27. The summed E-state index contributed by atoms with van der Waals surface area (Å²) in [7, 11) is 0. The third kappa shape index (κ3) is 5.36. The van der Waals surface area contributed by atoms with Gasteiger partial charge in [0.2, 0.25) is 0 Å². The lowest BCUT2D eigenvalue weighted by Crippen LogP contribution is -2.23. The maximum absolute atomic E-state index is 12.0. The van der Waals surface area contributed by atoms with E-state index in [0.29, 0.717) is 16.5 Å². The molecule has 27 heavy (non-hydrogen) atoms. The molecule has 0 atom stereocenters. The fourth-order valence-electron chi connectivity index (χ4n) is 2.38. The molecule has 0 bridgehead atoms. The first kappa shape index (κ1) is 19.0. The summed E-state index contributed by atoms with van der Waals surface area (Å²) in [4.78, 5) is 23.7. The van der Waals surface area contributed by atoms with Gasteiger partial charge < -0.3 is 14.8 Å². The van der Waals surface area contributed by atoms with Gasteiger partial charge in [-0.05, 0) is 41.1 Å². The van der Waals surface area contributed by atoms with Crippen LogP contribution < -0.4 is 10.1 Å². The van der Waals surface area contributed by atoms with E-state index < -0.39 is 18.5 Å². The number of ether oxygens (including phenoxy) is 2. The lowest BCUT2D eigenvalue weighted by Gasteiger charge is -2.09. The molecule has 3 aromatic carbocycles. The topological polar surface area (TPSA) is 64.6 Å². The average molecular weight is 404 g/mol. The maximum atomic E-state index is 12.0. The van der Waals surface area contributed by atoms with Crippen molar-refractivity contribution in [2.24, 2.45) is 0 Å². The number of carbonyl (C=O) groups excluding carboxylic acids is 2. The second-order valence-corrected chi connectivity index (χ2v) is 6.48. The zero-order chi connectivity index (χ0) is 19.2. The summed E-state index contributed by atoms with van der Waals surface area (Å²) in [5, 5.41) is 5.50. The molecule has 0 aliphatic rings. The Bertz CT molecular complexity index is 991. The number of rotatable bonds is 6. The van der Waals surface area contributed by atoms with Crippen LogP contribution in [0.2, 0.25) is 10.0 Å². The van der Waals surface area contributed by atoms with Crippen LogP contribution in [0.25, 0.3) is 10.8 Å². The second-order valence-electron chi connectivity index (χ2n) is 5.63. The third-order valence-electron chi connectivity index (χ3n) is 3.64. The van der Waals surface area contributed by atoms with Gasteiger partial charge in [0, 0.05) is 10.7 Å². The van der Waals surface area contributed by atoms with Crippen LogP contribution in [0.3, 0.4) is 0 Å². The molecule has 0 aromatic heterocycles. The molecule has 3 rings (SSSR count). The molecule has 7 heteroatoms. The zero-order valence-corrected chi connectivity index (χ0v) is 15.6. The van der Waals surface area contributed by atoms with Gasteiger partial charge in [-0.25, -0.2) is 4.79 Å². The van der Waals surface area contributed by atoms with Crippen LogP contribution in [-0.4, -0.2) is 25.1 Å². The molecule has 0 fully saturated rings. The number of hydrogen-bond donors (Lipinski definition) is 1. The van der Waals surface area contributed by atoms with Crippen LogP contribution in [0.1, 0.15) is 0 Å². The highest BCUT2D eigenvalue weighted by atomic mass is 35.5. The first-order chi connectivity index (χ1) is 13.0. The molecule has 0 radical (unpaired) electrons. The van der Waals surface area contributed by atoms with Crippen molar-refractivity contribution in [3.8, 4) is 5.75 Å². The SMILES string of the molecule is O=C(COC(=O)COc1ccc(Cl)cc1Cl)Nc1ccc2ccccc2c1. The van der Waals surface area contributed by atoms with Crippen LogP contribution in [0.15, 0.2) is 60.7 Å². The van der Waals surface area contributed by atoms with E-state index >= 15 is 0 Å². The fourth-order valence-corrected chi connectivity index (χ4v) is 2.84. The zero-order valence-electron chi connectivity index (χ0n) is 14.1. The molecule has 5 nitrogen and oxygen atoms in total. The van der Waals surface area contributed by atoms with Gasteiger partial charge in [0.25, 0.3) is 5.91 Å². The Kier molecular flexibility index (Phi) is 6.16.